The third kappa shape index (κ3) is 8.66. The maximum absolute atomic E-state index is 11.7. The molecule has 4 heteroatoms. The minimum atomic E-state index is -0.642. The van der Waals surface area contributed by atoms with Crippen LogP contribution in [0.5, 0.6) is 0 Å². The second-order valence-electron chi connectivity index (χ2n) is 8.45. The molecule has 0 bridgehead atoms. The molecule has 0 saturated heterocycles. The molecule has 1 aliphatic carbocycles. The van der Waals surface area contributed by atoms with Crippen molar-refractivity contribution in [3.8, 4) is 0 Å². The molecule has 1 rings (SSSR count). The van der Waals surface area contributed by atoms with Crippen molar-refractivity contribution >= 4 is 11.9 Å². The molecule has 0 radical (unpaired) electrons. The number of rotatable bonds is 7. The molecule has 4 nitrogen and oxygen atoms in total. The molecule has 28 heavy (non-hydrogen) atoms. The zero-order chi connectivity index (χ0) is 21.3. The van der Waals surface area contributed by atoms with E-state index in [0.717, 1.165) is 11.1 Å². The van der Waals surface area contributed by atoms with Gasteiger partial charge in [-0.15, -0.1) is 0 Å². The smallest absolute Gasteiger partial charge is 0.338 e. The van der Waals surface area contributed by atoms with Gasteiger partial charge in [-0.3, -0.25) is 9.69 Å². The number of hydrogen-bond acceptors (Lipinski definition) is 4. The molecule has 0 aromatic heterocycles. The Labute approximate surface area is 170 Å². The van der Waals surface area contributed by atoms with Crippen molar-refractivity contribution in [3.63, 3.8) is 0 Å². The lowest BCUT2D eigenvalue weighted by atomic mass is 9.72. The lowest BCUT2D eigenvalue weighted by Gasteiger charge is -2.32. The number of ether oxygens (including phenoxy) is 1. The Morgan fingerprint density at radius 2 is 1.82 bits per heavy atom. The molecule has 0 N–H and O–H groups in total. The summed E-state index contributed by atoms with van der Waals surface area (Å²) in [6, 6.07) is 0. The summed E-state index contributed by atoms with van der Waals surface area (Å²) in [6.45, 7) is 10.8. The molecule has 0 heterocycles. The summed E-state index contributed by atoms with van der Waals surface area (Å²) in [4.78, 5) is 24.8. The van der Waals surface area contributed by atoms with Crippen molar-refractivity contribution in [2.24, 2.45) is 5.41 Å². The van der Waals surface area contributed by atoms with Gasteiger partial charge in [0.1, 0.15) is 0 Å². The molecular weight excluding hydrogens is 350 g/mol. The van der Waals surface area contributed by atoms with Crippen LogP contribution in [0.1, 0.15) is 53.9 Å². The van der Waals surface area contributed by atoms with Crippen LogP contribution < -0.4 is 0 Å². The van der Waals surface area contributed by atoms with Crippen molar-refractivity contribution in [2.75, 3.05) is 20.6 Å². The lowest BCUT2D eigenvalue weighted by molar-refractivity contribution is -0.156. The van der Waals surface area contributed by atoms with E-state index in [2.05, 4.69) is 39.8 Å². The monoisotopic (exact) mass is 385 g/mol. The van der Waals surface area contributed by atoms with Gasteiger partial charge in [-0.05, 0) is 70.7 Å². The second-order valence-corrected chi connectivity index (χ2v) is 8.45. The van der Waals surface area contributed by atoms with Crippen LogP contribution in [0.15, 0.2) is 58.7 Å². The summed E-state index contributed by atoms with van der Waals surface area (Å²) < 4.78 is 4.73. The first kappa shape index (κ1) is 23.8. The van der Waals surface area contributed by atoms with E-state index in [1.54, 1.807) is 25.9 Å². The number of carbonyl (C=O) groups is 2. The van der Waals surface area contributed by atoms with E-state index in [0.29, 0.717) is 0 Å². The fourth-order valence-corrected chi connectivity index (χ4v) is 3.30. The SMILES string of the molecule is CC(C=CC1=C(C)CCCC1(C)C)=CC=CC(C)=CC(=O)OC(=O)CN(C)C. The van der Waals surface area contributed by atoms with Crippen LogP contribution in [0.4, 0.5) is 0 Å². The van der Waals surface area contributed by atoms with Gasteiger partial charge in [0.05, 0.1) is 6.54 Å². The normalized spacial score (nSPS) is 18.4. The largest absolute Gasteiger partial charge is 0.389 e. The van der Waals surface area contributed by atoms with Gasteiger partial charge in [-0.2, -0.15) is 0 Å². The number of likely N-dealkylation sites (N-methyl/N-ethyl adjacent to an activating group) is 1. The fourth-order valence-electron chi connectivity index (χ4n) is 3.30. The van der Waals surface area contributed by atoms with Gasteiger partial charge in [-0.25, -0.2) is 4.79 Å². The zero-order valence-electron chi connectivity index (χ0n) is 18.5. The summed E-state index contributed by atoms with van der Waals surface area (Å²) in [5.74, 6) is -1.20. The van der Waals surface area contributed by atoms with E-state index in [1.807, 2.05) is 18.2 Å². The first-order chi connectivity index (χ1) is 13.0. The van der Waals surface area contributed by atoms with E-state index in [1.165, 1.54) is 36.5 Å². The van der Waals surface area contributed by atoms with Crippen molar-refractivity contribution in [2.45, 2.75) is 53.9 Å². The van der Waals surface area contributed by atoms with Crippen molar-refractivity contribution in [1.29, 1.82) is 0 Å². The molecule has 0 atom stereocenters. The number of nitrogens with zero attached hydrogens (tertiary/aromatic N) is 1. The average molecular weight is 386 g/mol. The van der Waals surface area contributed by atoms with Gasteiger partial charge in [0.25, 0.3) is 0 Å². The second kappa shape index (κ2) is 11.0. The standard InChI is InChI=1S/C24H35NO3/c1-18(13-14-21-20(3)12-9-15-24(21,4)5)10-8-11-19(2)16-22(26)28-23(27)17-25(6)7/h8,10-11,13-14,16H,9,12,15,17H2,1-7H3. The van der Waals surface area contributed by atoms with E-state index >= 15 is 0 Å². The van der Waals surface area contributed by atoms with E-state index in [4.69, 9.17) is 4.74 Å². The summed E-state index contributed by atoms with van der Waals surface area (Å²) >= 11 is 0. The minimum absolute atomic E-state index is 0.0788. The Morgan fingerprint density at radius 1 is 1.14 bits per heavy atom. The Hall–Kier alpha value is -2.20. The van der Waals surface area contributed by atoms with Crippen LogP contribution in [0.3, 0.4) is 0 Å². The Bertz CT molecular complexity index is 731. The van der Waals surface area contributed by atoms with Gasteiger partial charge in [0.2, 0.25) is 0 Å². The summed E-state index contributed by atoms with van der Waals surface area (Å²) in [7, 11) is 3.48. The lowest BCUT2D eigenvalue weighted by Crippen LogP contribution is -2.25. The number of esters is 2. The predicted octanol–water partition coefficient (Wildman–Crippen LogP) is 5.15. The van der Waals surface area contributed by atoms with Crippen molar-refractivity contribution < 1.29 is 14.3 Å². The molecule has 0 amide bonds. The first-order valence-electron chi connectivity index (χ1n) is 9.82. The van der Waals surface area contributed by atoms with Crippen molar-refractivity contribution in [1.82, 2.24) is 4.90 Å². The highest BCUT2D eigenvalue weighted by Gasteiger charge is 2.26. The zero-order valence-corrected chi connectivity index (χ0v) is 18.5. The molecule has 0 spiro atoms. The molecule has 154 valence electrons. The van der Waals surface area contributed by atoms with Crippen LogP contribution in [0.25, 0.3) is 0 Å². The van der Waals surface area contributed by atoms with Gasteiger partial charge in [0.15, 0.2) is 0 Å². The van der Waals surface area contributed by atoms with Crippen molar-refractivity contribution in [3.05, 3.63) is 58.7 Å². The average Bonchev–Trinajstić information content (AvgIpc) is 2.52. The number of allylic oxidation sites excluding steroid dienone is 9. The van der Waals surface area contributed by atoms with Crippen LogP contribution in [-0.4, -0.2) is 37.5 Å². The minimum Gasteiger partial charge on any atom is -0.389 e. The van der Waals surface area contributed by atoms with E-state index in [-0.39, 0.29) is 12.0 Å². The molecule has 0 saturated carbocycles. The highest BCUT2D eigenvalue weighted by Crippen LogP contribution is 2.40. The topological polar surface area (TPSA) is 46.6 Å². The molecule has 0 aliphatic heterocycles. The van der Waals surface area contributed by atoms with Gasteiger partial charge < -0.3 is 4.74 Å². The Kier molecular flexibility index (Phi) is 9.33. The molecule has 0 aromatic carbocycles. The van der Waals surface area contributed by atoms with Crippen LogP contribution in [-0.2, 0) is 14.3 Å². The highest BCUT2D eigenvalue weighted by molar-refractivity contribution is 5.93. The van der Waals surface area contributed by atoms with Gasteiger partial charge >= 0.3 is 11.9 Å². The molecule has 0 aromatic rings. The Balaban J connectivity index is 2.67. The number of carbonyl (C=O) groups excluding carboxylic acids is 2. The maximum atomic E-state index is 11.7. The van der Waals surface area contributed by atoms with E-state index < -0.39 is 11.9 Å². The Morgan fingerprint density at radius 3 is 2.43 bits per heavy atom. The molecule has 0 fully saturated rings. The van der Waals surface area contributed by atoms with Gasteiger partial charge in [0, 0.05) is 6.08 Å². The van der Waals surface area contributed by atoms with Crippen LogP contribution >= 0.6 is 0 Å². The molecular formula is C24H35NO3. The third-order valence-electron chi connectivity index (χ3n) is 4.78. The fraction of sp³-hybridized carbons (Fsp3) is 0.500. The summed E-state index contributed by atoms with van der Waals surface area (Å²) in [6.07, 6.45) is 15.1. The summed E-state index contributed by atoms with van der Waals surface area (Å²) in [5, 5.41) is 0. The van der Waals surface area contributed by atoms with Gasteiger partial charge in [-0.1, -0.05) is 55.4 Å². The summed E-state index contributed by atoms with van der Waals surface area (Å²) in [5.41, 5.74) is 5.02. The predicted molar refractivity (Wildman–Crippen MR) is 116 cm³/mol. The van der Waals surface area contributed by atoms with Crippen LogP contribution in [0, 0.1) is 5.41 Å². The van der Waals surface area contributed by atoms with E-state index in [9.17, 15) is 9.59 Å². The molecule has 0 unspecified atom stereocenters. The first-order valence-corrected chi connectivity index (χ1v) is 9.82. The third-order valence-corrected chi connectivity index (χ3v) is 4.78. The maximum Gasteiger partial charge on any atom is 0.338 e. The highest BCUT2D eigenvalue weighted by atomic mass is 16.6. The molecule has 1 aliphatic rings. The van der Waals surface area contributed by atoms with Crippen LogP contribution in [0.2, 0.25) is 0 Å². The number of hydrogen-bond donors (Lipinski definition) is 0. The quantitative estimate of drug-likeness (QED) is 0.263.